The Morgan fingerprint density at radius 3 is 1.02 bits per heavy atom. The summed E-state index contributed by atoms with van der Waals surface area (Å²) in [6.45, 7) is 6.46. The normalized spacial score (nSPS) is 12.6. The Balaban J connectivity index is 4.39. The summed E-state index contributed by atoms with van der Waals surface area (Å²) < 4.78 is 16.8. The van der Waals surface area contributed by atoms with Crippen LogP contribution in [-0.2, 0) is 28.6 Å². The summed E-state index contributed by atoms with van der Waals surface area (Å²) in [6, 6.07) is 0. The minimum Gasteiger partial charge on any atom is -0.462 e. The van der Waals surface area contributed by atoms with Crippen molar-refractivity contribution in [2.45, 2.75) is 271 Å². The molecule has 0 bridgehead atoms. The summed E-state index contributed by atoms with van der Waals surface area (Å²) >= 11 is 0. The molecular weight excluding hydrogens is 805 g/mol. The van der Waals surface area contributed by atoms with Crippen molar-refractivity contribution in [1.29, 1.82) is 0 Å². The number of esters is 3. The number of allylic oxidation sites excluding steroid dienone is 12. The molecule has 65 heavy (non-hydrogen) atoms. The second-order valence-corrected chi connectivity index (χ2v) is 18.2. The molecule has 0 aromatic heterocycles. The van der Waals surface area contributed by atoms with Crippen LogP contribution in [0.1, 0.15) is 265 Å². The predicted molar refractivity (Wildman–Crippen MR) is 279 cm³/mol. The molecule has 0 radical (unpaired) electrons. The lowest BCUT2D eigenvalue weighted by Gasteiger charge is -2.18. The first-order valence-electron chi connectivity index (χ1n) is 27.5. The highest BCUT2D eigenvalue weighted by molar-refractivity contribution is 5.71. The number of carbonyl (C=O) groups excluding carboxylic acids is 3. The predicted octanol–water partition coefficient (Wildman–Crippen LogP) is 18.2. The van der Waals surface area contributed by atoms with Crippen molar-refractivity contribution in [2.24, 2.45) is 0 Å². The van der Waals surface area contributed by atoms with E-state index in [1.54, 1.807) is 0 Å². The van der Waals surface area contributed by atoms with Crippen LogP contribution >= 0.6 is 0 Å². The zero-order valence-corrected chi connectivity index (χ0v) is 42.7. The largest absolute Gasteiger partial charge is 0.462 e. The van der Waals surface area contributed by atoms with Gasteiger partial charge in [-0.15, -0.1) is 0 Å². The van der Waals surface area contributed by atoms with Gasteiger partial charge in [-0.05, 0) is 89.9 Å². The van der Waals surface area contributed by atoms with Gasteiger partial charge < -0.3 is 14.2 Å². The van der Waals surface area contributed by atoms with E-state index in [2.05, 4.69) is 93.7 Å². The maximum Gasteiger partial charge on any atom is 0.306 e. The third kappa shape index (κ3) is 51.7. The molecule has 0 aliphatic heterocycles. The minimum absolute atomic E-state index is 0.0891. The molecule has 6 heteroatoms. The fourth-order valence-electron chi connectivity index (χ4n) is 7.60. The Morgan fingerprint density at radius 2 is 0.615 bits per heavy atom. The van der Waals surface area contributed by atoms with E-state index in [1.165, 1.54) is 128 Å². The van der Waals surface area contributed by atoms with Crippen LogP contribution in [0.2, 0.25) is 0 Å². The maximum absolute atomic E-state index is 12.8. The van der Waals surface area contributed by atoms with E-state index < -0.39 is 6.10 Å². The van der Waals surface area contributed by atoms with Crippen LogP contribution < -0.4 is 0 Å². The lowest BCUT2D eigenvalue weighted by atomic mass is 10.1. The average molecular weight is 907 g/mol. The van der Waals surface area contributed by atoms with E-state index in [0.29, 0.717) is 19.3 Å². The van der Waals surface area contributed by atoms with Gasteiger partial charge in [-0.2, -0.15) is 0 Å². The van der Waals surface area contributed by atoms with Crippen molar-refractivity contribution in [3.63, 3.8) is 0 Å². The summed E-state index contributed by atoms with van der Waals surface area (Å²) in [6.07, 6.45) is 67.4. The zero-order valence-electron chi connectivity index (χ0n) is 42.7. The molecule has 1 unspecified atom stereocenters. The molecule has 0 aromatic rings. The molecule has 0 saturated heterocycles. The molecule has 0 aliphatic carbocycles. The van der Waals surface area contributed by atoms with Gasteiger partial charge in [-0.3, -0.25) is 14.4 Å². The monoisotopic (exact) mass is 907 g/mol. The lowest BCUT2D eigenvalue weighted by molar-refractivity contribution is -0.167. The Kier molecular flexibility index (Phi) is 50.9. The van der Waals surface area contributed by atoms with Crippen LogP contribution in [0.3, 0.4) is 0 Å². The smallest absolute Gasteiger partial charge is 0.306 e. The molecule has 6 nitrogen and oxygen atoms in total. The number of unbranched alkanes of at least 4 members (excludes halogenated alkanes) is 29. The van der Waals surface area contributed by atoms with Crippen molar-refractivity contribution in [3.8, 4) is 0 Å². The molecule has 0 rings (SSSR count). The molecule has 0 aliphatic rings. The highest BCUT2D eigenvalue weighted by atomic mass is 16.6. The second kappa shape index (κ2) is 53.5. The van der Waals surface area contributed by atoms with E-state index in [-0.39, 0.29) is 31.1 Å². The van der Waals surface area contributed by atoms with Crippen LogP contribution in [0.4, 0.5) is 0 Å². The standard InChI is InChI=1S/C59H102O6/c1-4-7-10-13-16-19-22-25-27-28-29-30-32-34-37-40-43-46-49-52-58(61)64-55-56(54-63-57(60)51-48-45-42-39-36-33-24-21-18-15-12-9-6-3)65-59(62)53-50-47-44-41-38-35-31-26-23-20-17-14-11-8-5-2/h9,12,15,17-18,20-21,23-24,26,28-29,56H,4-8,10-11,13-14,16,19,22,25,27,30-55H2,1-3H3/b12-9-,18-15-,20-17-,24-21-,26-23-,29-28-. The van der Waals surface area contributed by atoms with Gasteiger partial charge in [0.2, 0.25) is 0 Å². The molecule has 0 aromatic carbocycles. The molecule has 0 N–H and O–H groups in total. The number of hydrogen-bond acceptors (Lipinski definition) is 6. The maximum atomic E-state index is 12.8. The Morgan fingerprint density at radius 1 is 0.323 bits per heavy atom. The highest BCUT2D eigenvalue weighted by Crippen LogP contribution is 2.15. The average Bonchev–Trinajstić information content (AvgIpc) is 3.30. The van der Waals surface area contributed by atoms with Crippen molar-refractivity contribution in [3.05, 3.63) is 72.9 Å². The zero-order chi connectivity index (χ0) is 47.2. The SMILES string of the molecule is CC\C=C/C=C\C=C/CCCCCCCC(=O)OCC(COC(=O)CCCCCCCCC/C=C\CCCCCCCCCC)OC(=O)CCCCCCCC/C=C\C=C/CCCCC. The van der Waals surface area contributed by atoms with E-state index in [0.717, 1.165) is 96.3 Å². The van der Waals surface area contributed by atoms with Crippen molar-refractivity contribution in [1.82, 2.24) is 0 Å². The molecule has 0 spiro atoms. The van der Waals surface area contributed by atoms with Gasteiger partial charge in [0.05, 0.1) is 0 Å². The van der Waals surface area contributed by atoms with Gasteiger partial charge in [0, 0.05) is 19.3 Å². The lowest BCUT2D eigenvalue weighted by Crippen LogP contribution is -2.30. The molecular formula is C59H102O6. The van der Waals surface area contributed by atoms with Gasteiger partial charge in [0.1, 0.15) is 13.2 Å². The molecule has 1 atom stereocenters. The minimum atomic E-state index is -0.792. The van der Waals surface area contributed by atoms with Crippen molar-refractivity contribution >= 4 is 17.9 Å². The number of ether oxygens (including phenoxy) is 3. The van der Waals surface area contributed by atoms with Gasteiger partial charge in [0.15, 0.2) is 6.10 Å². The fraction of sp³-hybridized carbons (Fsp3) is 0.746. The van der Waals surface area contributed by atoms with E-state index in [9.17, 15) is 14.4 Å². The highest BCUT2D eigenvalue weighted by Gasteiger charge is 2.19. The van der Waals surface area contributed by atoms with Crippen LogP contribution in [0.5, 0.6) is 0 Å². The number of rotatable bonds is 49. The third-order valence-electron chi connectivity index (χ3n) is 11.8. The summed E-state index contributed by atoms with van der Waals surface area (Å²) in [7, 11) is 0. The summed E-state index contributed by atoms with van der Waals surface area (Å²) in [5, 5.41) is 0. The first-order valence-corrected chi connectivity index (χ1v) is 27.5. The molecule has 0 amide bonds. The van der Waals surface area contributed by atoms with E-state index in [1.807, 2.05) is 0 Å². The summed E-state index contributed by atoms with van der Waals surface area (Å²) in [5.74, 6) is -0.922. The number of hydrogen-bond donors (Lipinski definition) is 0. The van der Waals surface area contributed by atoms with E-state index >= 15 is 0 Å². The molecule has 0 saturated carbocycles. The van der Waals surface area contributed by atoms with Crippen LogP contribution in [-0.4, -0.2) is 37.2 Å². The quantitative estimate of drug-likeness (QED) is 0.0199. The first-order chi connectivity index (χ1) is 32.0. The van der Waals surface area contributed by atoms with Crippen molar-refractivity contribution < 1.29 is 28.6 Å². The van der Waals surface area contributed by atoms with Crippen LogP contribution in [0.15, 0.2) is 72.9 Å². The Bertz CT molecular complexity index is 1230. The Labute approximate surface area is 402 Å². The van der Waals surface area contributed by atoms with E-state index in [4.69, 9.17) is 14.2 Å². The van der Waals surface area contributed by atoms with Gasteiger partial charge in [0.25, 0.3) is 0 Å². The van der Waals surface area contributed by atoms with Gasteiger partial charge in [-0.1, -0.05) is 229 Å². The van der Waals surface area contributed by atoms with Gasteiger partial charge in [-0.25, -0.2) is 0 Å². The second-order valence-electron chi connectivity index (χ2n) is 18.2. The van der Waals surface area contributed by atoms with Crippen LogP contribution in [0.25, 0.3) is 0 Å². The molecule has 0 fully saturated rings. The molecule has 374 valence electrons. The van der Waals surface area contributed by atoms with Crippen molar-refractivity contribution in [2.75, 3.05) is 13.2 Å². The topological polar surface area (TPSA) is 78.9 Å². The summed E-state index contributed by atoms with van der Waals surface area (Å²) in [5.41, 5.74) is 0. The molecule has 0 heterocycles. The van der Waals surface area contributed by atoms with Gasteiger partial charge >= 0.3 is 17.9 Å². The Hall–Kier alpha value is -3.15. The third-order valence-corrected chi connectivity index (χ3v) is 11.8. The number of carbonyl (C=O) groups is 3. The van der Waals surface area contributed by atoms with Crippen LogP contribution in [0, 0.1) is 0 Å². The summed E-state index contributed by atoms with van der Waals surface area (Å²) in [4.78, 5) is 38.1. The first kappa shape index (κ1) is 61.9. The fourth-order valence-corrected chi connectivity index (χ4v) is 7.60.